The van der Waals surface area contributed by atoms with Crippen molar-refractivity contribution in [1.29, 1.82) is 0 Å². The number of benzene rings is 2. The summed E-state index contributed by atoms with van der Waals surface area (Å²) >= 11 is 0. The normalized spacial score (nSPS) is 10.5. The van der Waals surface area contributed by atoms with Gasteiger partial charge in [0.1, 0.15) is 18.1 Å². The predicted octanol–water partition coefficient (Wildman–Crippen LogP) is 4.37. The Hall–Kier alpha value is -4.86. The van der Waals surface area contributed by atoms with Crippen molar-refractivity contribution in [3.8, 4) is 5.75 Å². The molecule has 4 rings (SSSR count). The van der Waals surface area contributed by atoms with Crippen LogP contribution in [0.15, 0.2) is 77.3 Å². The molecule has 0 atom stereocenters. The fourth-order valence-corrected chi connectivity index (χ4v) is 3.28. The van der Waals surface area contributed by atoms with Crippen LogP contribution < -0.4 is 15.4 Å². The quantitative estimate of drug-likeness (QED) is 0.335. The second-order valence-electron chi connectivity index (χ2n) is 7.59. The first kappa shape index (κ1) is 24.3. The fourth-order valence-electron chi connectivity index (χ4n) is 3.28. The van der Waals surface area contributed by atoms with Gasteiger partial charge >= 0.3 is 5.97 Å². The zero-order chi connectivity index (χ0) is 25.5. The molecule has 0 bridgehead atoms. The van der Waals surface area contributed by atoms with E-state index in [1.807, 2.05) is 13.0 Å². The Kier molecular flexibility index (Phi) is 7.45. The van der Waals surface area contributed by atoms with Crippen molar-refractivity contribution in [2.24, 2.45) is 0 Å². The molecule has 0 radical (unpaired) electrons. The lowest BCUT2D eigenvalue weighted by Gasteiger charge is -2.06. The third-order valence-electron chi connectivity index (χ3n) is 5.12. The molecule has 2 aromatic carbocycles. The van der Waals surface area contributed by atoms with E-state index in [9.17, 15) is 14.4 Å². The highest BCUT2D eigenvalue weighted by atomic mass is 16.5. The number of ether oxygens (including phenoxy) is 2. The van der Waals surface area contributed by atoms with E-state index in [0.29, 0.717) is 29.3 Å². The smallest absolute Gasteiger partial charge is 0.337 e. The Morgan fingerprint density at radius 1 is 0.944 bits per heavy atom. The number of anilines is 2. The van der Waals surface area contributed by atoms with E-state index < -0.39 is 17.8 Å². The number of nitrogens with one attached hydrogen (secondary N) is 2. The zero-order valence-electron chi connectivity index (χ0n) is 19.7. The Bertz CT molecular complexity index is 1360. The number of carbonyl (C=O) groups excluding carboxylic acids is 3. The summed E-state index contributed by atoms with van der Waals surface area (Å²) in [4.78, 5) is 37.1. The van der Waals surface area contributed by atoms with Crippen molar-refractivity contribution in [3.05, 3.63) is 95.7 Å². The molecule has 10 nitrogen and oxygen atoms in total. The Morgan fingerprint density at radius 3 is 2.39 bits per heavy atom. The first-order valence-corrected chi connectivity index (χ1v) is 11.1. The zero-order valence-corrected chi connectivity index (χ0v) is 19.7. The number of amides is 2. The summed E-state index contributed by atoms with van der Waals surface area (Å²) in [6, 6.07) is 18.5. The first-order valence-electron chi connectivity index (χ1n) is 11.1. The summed E-state index contributed by atoms with van der Waals surface area (Å²) in [6.45, 7) is 2.47. The molecule has 0 aliphatic rings. The van der Waals surface area contributed by atoms with Gasteiger partial charge in [-0.25, -0.2) is 4.79 Å². The van der Waals surface area contributed by atoms with Crippen molar-refractivity contribution in [2.45, 2.75) is 20.1 Å². The van der Waals surface area contributed by atoms with Gasteiger partial charge in [0, 0.05) is 18.4 Å². The van der Waals surface area contributed by atoms with Gasteiger partial charge in [-0.05, 0) is 55.5 Å². The van der Waals surface area contributed by atoms with Gasteiger partial charge in [0.05, 0.1) is 18.4 Å². The minimum Gasteiger partial charge on any atom is -0.486 e. The maximum atomic E-state index is 12.8. The SMILES string of the molecule is CCn1cc(NC(=O)c2ccc(COc3ccc(C(=O)OC)cc3)o2)c(C(=O)Nc2ccccc2)n1. The number of rotatable bonds is 9. The molecule has 2 N–H and O–H groups in total. The second kappa shape index (κ2) is 11.0. The van der Waals surface area contributed by atoms with Crippen molar-refractivity contribution < 1.29 is 28.3 Å². The number of carbonyl (C=O) groups is 3. The van der Waals surface area contributed by atoms with Crippen LogP contribution in [0, 0.1) is 0 Å². The lowest BCUT2D eigenvalue weighted by atomic mass is 10.2. The summed E-state index contributed by atoms with van der Waals surface area (Å²) in [5.74, 6) is -0.431. The standard InChI is InChI=1S/C26H24N4O6/c1-3-30-15-21(23(29-30)25(32)27-18-7-5-4-6-8-18)28-24(31)22-14-13-20(36-22)16-35-19-11-9-17(10-12-19)26(33)34-2/h4-15H,3,16H2,1-2H3,(H,27,32)(H,28,31). The van der Waals surface area contributed by atoms with Crippen molar-refractivity contribution in [2.75, 3.05) is 17.7 Å². The number of aryl methyl sites for hydroxylation is 1. The second-order valence-corrected chi connectivity index (χ2v) is 7.59. The summed E-state index contributed by atoms with van der Waals surface area (Å²) in [6.07, 6.45) is 1.59. The molecule has 0 saturated carbocycles. The van der Waals surface area contributed by atoms with Crippen LogP contribution in [0.1, 0.15) is 44.1 Å². The molecule has 0 aliphatic carbocycles. The van der Waals surface area contributed by atoms with Crippen LogP contribution in [0.3, 0.4) is 0 Å². The highest BCUT2D eigenvalue weighted by Gasteiger charge is 2.21. The molecule has 184 valence electrons. The van der Waals surface area contributed by atoms with Gasteiger partial charge in [-0.3, -0.25) is 14.3 Å². The maximum absolute atomic E-state index is 12.8. The van der Waals surface area contributed by atoms with Crippen LogP contribution in [-0.4, -0.2) is 34.7 Å². The Labute approximate surface area is 206 Å². The van der Waals surface area contributed by atoms with E-state index in [1.165, 1.54) is 13.2 Å². The van der Waals surface area contributed by atoms with Gasteiger partial charge in [-0.15, -0.1) is 0 Å². The number of furan rings is 1. The molecule has 0 unspecified atom stereocenters. The molecular formula is C26H24N4O6. The number of aromatic nitrogens is 2. The number of esters is 1. The number of hydrogen-bond acceptors (Lipinski definition) is 7. The fraction of sp³-hybridized carbons (Fsp3) is 0.154. The third kappa shape index (κ3) is 5.79. The van der Waals surface area contributed by atoms with Gasteiger partial charge in [0.2, 0.25) is 0 Å². The molecule has 0 fully saturated rings. The maximum Gasteiger partial charge on any atom is 0.337 e. The van der Waals surface area contributed by atoms with Crippen molar-refractivity contribution in [1.82, 2.24) is 9.78 Å². The highest BCUT2D eigenvalue weighted by molar-refractivity contribution is 6.10. The number of methoxy groups -OCH3 is 1. The number of hydrogen-bond donors (Lipinski definition) is 2. The molecule has 10 heteroatoms. The predicted molar refractivity (Wildman–Crippen MR) is 131 cm³/mol. The van der Waals surface area contributed by atoms with E-state index in [-0.39, 0.29) is 23.7 Å². The van der Waals surface area contributed by atoms with Gasteiger partial charge in [-0.1, -0.05) is 18.2 Å². The lowest BCUT2D eigenvalue weighted by molar-refractivity contribution is 0.0600. The number of nitrogens with zero attached hydrogens (tertiary/aromatic N) is 2. The number of para-hydroxylation sites is 1. The van der Waals surface area contributed by atoms with Crippen molar-refractivity contribution in [3.63, 3.8) is 0 Å². The summed E-state index contributed by atoms with van der Waals surface area (Å²) in [5, 5.41) is 9.74. The molecule has 2 amide bonds. The monoisotopic (exact) mass is 488 g/mol. The highest BCUT2D eigenvalue weighted by Crippen LogP contribution is 2.20. The summed E-state index contributed by atoms with van der Waals surface area (Å²) in [7, 11) is 1.31. The molecule has 0 saturated heterocycles. The van der Waals surface area contributed by atoms with Gasteiger partial charge in [0.25, 0.3) is 11.8 Å². The first-order chi connectivity index (χ1) is 17.5. The van der Waals surface area contributed by atoms with E-state index in [0.717, 1.165) is 0 Å². The largest absolute Gasteiger partial charge is 0.486 e. The van der Waals surface area contributed by atoms with Crippen LogP contribution in [0.4, 0.5) is 11.4 Å². The van der Waals surface area contributed by atoms with Gasteiger partial charge < -0.3 is 24.5 Å². The van der Waals surface area contributed by atoms with E-state index in [2.05, 4.69) is 20.5 Å². The van der Waals surface area contributed by atoms with Crippen LogP contribution in [0.25, 0.3) is 0 Å². The average molecular weight is 489 g/mol. The Morgan fingerprint density at radius 2 is 1.69 bits per heavy atom. The van der Waals surface area contributed by atoms with E-state index in [4.69, 9.17) is 9.15 Å². The minimum atomic E-state index is -0.534. The minimum absolute atomic E-state index is 0.0494. The molecule has 0 spiro atoms. The van der Waals surface area contributed by atoms with E-state index >= 15 is 0 Å². The molecule has 36 heavy (non-hydrogen) atoms. The van der Waals surface area contributed by atoms with Gasteiger partial charge in [-0.2, -0.15) is 5.10 Å². The Balaban J connectivity index is 1.40. The third-order valence-corrected chi connectivity index (χ3v) is 5.12. The van der Waals surface area contributed by atoms with E-state index in [1.54, 1.807) is 65.5 Å². The molecular weight excluding hydrogens is 464 g/mol. The summed E-state index contributed by atoms with van der Waals surface area (Å²) in [5.41, 5.74) is 1.36. The van der Waals surface area contributed by atoms with Crippen molar-refractivity contribution >= 4 is 29.2 Å². The molecule has 0 aliphatic heterocycles. The molecule has 2 heterocycles. The average Bonchev–Trinajstić information content (AvgIpc) is 3.55. The topological polar surface area (TPSA) is 125 Å². The summed E-state index contributed by atoms with van der Waals surface area (Å²) < 4.78 is 17.5. The molecule has 4 aromatic rings. The van der Waals surface area contributed by atoms with Crippen LogP contribution >= 0.6 is 0 Å². The van der Waals surface area contributed by atoms with Crippen LogP contribution in [-0.2, 0) is 17.9 Å². The van der Waals surface area contributed by atoms with Crippen LogP contribution in [0.5, 0.6) is 5.75 Å². The van der Waals surface area contributed by atoms with Crippen LogP contribution in [0.2, 0.25) is 0 Å². The molecule has 2 aromatic heterocycles. The lowest BCUT2D eigenvalue weighted by Crippen LogP contribution is -2.17. The van der Waals surface area contributed by atoms with Gasteiger partial charge in [0.15, 0.2) is 11.5 Å².